The van der Waals surface area contributed by atoms with Crippen molar-refractivity contribution in [2.24, 2.45) is 0 Å². The number of para-hydroxylation sites is 1. The van der Waals surface area contributed by atoms with Crippen molar-refractivity contribution in [1.29, 1.82) is 0 Å². The summed E-state index contributed by atoms with van der Waals surface area (Å²) in [6.07, 6.45) is 4.73. The minimum atomic E-state index is -0.487. The summed E-state index contributed by atoms with van der Waals surface area (Å²) in [4.78, 5) is 11.9. The third-order valence-corrected chi connectivity index (χ3v) is 2.89. The summed E-state index contributed by atoms with van der Waals surface area (Å²) in [5.74, 6) is 0.457. The van der Waals surface area contributed by atoms with Crippen LogP contribution in [0.15, 0.2) is 30.3 Å². The number of rotatable bonds is 9. The number of unbranched alkanes of at least 4 members (excludes halogenated alkanes) is 3. The van der Waals surface area contributed by atoms with E-state index in [2.05, 4.69) is 6.92 Å². The predicted molar refractivity (Wildman–Crippen MR) is 76.3 cm³/mol. The van der Waals surface area contributed by atoms with Gasteiger partial charge in [-0.05, 0) is 31.9 Å². The molecule has 0 aliphatic rings. The second kappa shape index (κ2) is 9.42. The van der Waals surface area contributed by atoms with Gasteiger partial charge in [-0.3, -0.25) is 0 Å². The van der Waals surface area contributed by atoms with E-state index in [1.165, 1.54) is 12.8 Å². The lowest BCUT2D eigenvalue weighted by Gasteiger charge is -2.17. The maximum absolute atomic E-state index is 11.9. The quantitative estimate of drug-likeness (QED) is 0.500. The van der Waals surface area contributed by atoms with Gasteiger partial charge in [0.1, 0.15) is 5.75 Å². The molecule has 0 bridgehead atoms. The van der Waals surface area contributed by atoms with E-state index < -0.39 is 6.10 Å². The minimum Gasteiger partial charge on any atom is -0.479 e. The molecule has 0 aromatic heterocycles. The summed E-state index contributed by atoms with van der Waals surface area (Å²) in [5.41, 5.74) is 0. The van der Waals surface area contributed by atoms with Gasteiger partial charge in [-0.25, -0.2) is 4.79 Å². The van der Waals surface area contributed by atoms with Crippen LogP contribution in [0.4, 0.5) is 0 Å². The van der Waals surface area contributed by atoms with Gasteiger partial charge in [0.25, 0.3) is 0 Å². The van der Waals surface area contributed by atoms with Gasteiger partial charge in [-0.1, -0.05) is 44.4 Å². The molecule has 106 valence electrons. The van der Waals surface area contributed by atoms with Gasteiger partial charge in [0.15, 0.2) is 6.10 Å². The van der Waals surface area contributed by atoms with Crippen LogP contribution in [0.3, 0.4) is 0 Å². The van der Waals surface area contributed by atoms with Crippen molar-refractivity contribution in [2.75, 3.05) is 6.61 Å². The van der Waals surface area contributed by atoms with Gasteiger partial charge in [0.05, 0.1) is 6.61 Å². The van der Waals surface area contributed by atoms with E-state index in [1.54, 1.807) is 0 Å². The topological polar surface area (TPSA) is 35.5 Å². The molecule has 0 N–H and O–H groups in total. The van der Waals surface area contributed by atoms with E-state index in [4.69, 9.17) is 9.47 Å². The Morgan fingerprint density at radius 2 is 1.84 bits per heavy atom. The highest BCUT2D eigenvalue weighted by atomic mass is 16.6. The van der Waals surface area contributed by atoms with Gasteiger partial charge >= 0.3 is 5.97 Å². The summed E-state index contributed by atoms with van der Waals surface area (Å²) < 4.78 is 10.8. The van der Waals surface area contributed by atoms with E-state index in [1.807, 2.05) is 37.3 Å². The molecular formula is C16H24O3. The Morgan fingerprint density at radius 3 is 2.47 bits per heavy atom. The molecule has 0 aliphatic heterocycles. The van der Waals surface area contributed by atoms with Gasteiger partial charge in [-0.15, -0.1) is 0 Å². The molecule has 0 saturated carbocycles. The highest BCUT2D eigenvalue weighted by Gasteiger charge is 2.21. The number of carbonyl (C=O) groups excluding carboxylic acids is 1. The Bertz CT molecular complexity index is 348. The molecule has 0 amide bonds. The first-order valence-electron chi connectivity index (χ1n) is 7.16. The monoisotopic (exact) mass is 264 g/mol. The van der Waals surface area contributed by atoms with Gasteiger partial charge in [-0.2, -0.15) is 0 Å². The van der Waals surface area contributed by atoms with Crippen LogP contribution in [0.1, 0.15) is 46.0 Å². The molecule has 0 aliphatic carbocycles. The first kappa shape index (κ1) is 15.5. The molecule has 0 spiro atoms. The van der Waals surface area contributed by atoms with Crippen LogP contribution in [0.25, 0.3) is 0 Å². The van der Waals surface area contributed by atoms with Crippen molar-refractivity contribution < 1.29 is 14.3 Å². The number of hydrogen-bond donors (Lipinski definition) is 0. The average Bonchev–Trinajstić information content (AvgIpc) is 2.43. The second-order valence-electron chi connectivity index (χ2n) is 4.52. The third-order valence-electron chi connectivity index (χ3n) is 2.89. The predicted octanol–water partition coefficient (Wildman–Crippen LogP) is 3.97. The fourth-order valence-corrected chi connectivity index (χ4v) is 1.88. The summed E-state index contributed by atoms with van der Waals surface area (Å²) in [6.45, 7) is 4.38. The molecule has 1 unspecified atom stereocenters. The van der Waals surface area contributed by atoms with Crippen molar-refractivity contribution in [2.45, 2.75) is 52.1 Å². The number of ether oxygens (including phenoxy) is 2. The Kier molecular flexibility index (Phi) is 7.71. The van der Waals surface area contributed by atoms with Crippen LogP contribution in [-0.4, -0.2) is 18.7 Å². The summed E-state index contributed by atoms with van der Waals surface area (Å²) >= 11 is 0. The van der Waals surface area contributed by atoms with Crippen LogP contribution < -0.4 is 4.74 Å². The molecule has 0 fully saturated rings. The summed E-state index contributed by atoms with van der Waals surface area (Å²) in [7, 11) is 0. The fraction of sp³-hybridized carbons (Fsp3) is 0.562. The number of benzene rings is 1. The zero-order valence-corrected chi connectivity index (χ0v) is 11.9. The molecule has 1 aromatic rings. The van der Waals surface area contributed by atoms with Crippen molar-refractivity contribution in [1.82, 2.24) is 0 Å². The lowest BCUT2D eigenvalue weighted by Crippen LogP contribution is -2.29. The second-order valence-corrected chi connectivity index (χ2v) is 4.52. The standard InChI is InChI=1S/C16H24O3/c1-3-5-6-10-13-15(16(17)18-4-2)19-14-11-8-7-9-12-14/h7-9,11-12,15H,3-6,10,13H2,1-2H3. The normalized spacial score (nSPS) is 11.9. The largest absolute Gasteiger partial charge is 0.479 e. The smallest absolute Gasteiger partial charge is 0.347 e. The molecule has 1 aromatic carbocycles. The molecule has 1 rings (SSSR count). The zero-order valence-electron chi connectivity index (χ0n) is 11.9. The highest BCUT2D eigenvalue weighted by molar-refractivity contribution is 5.75. The molecular weight excluding hydrogens is 240 g/mol. The van der Waals surface area contributed by atoms with Crippen LogP contribution in [0, 0.1) is 0 Å². The Labute approximate surface area is 115 Å². The van der Waals surface area contributed by atoms with Crippen molar-refractivity contribution in [3.05, 3.63) is 30.3 Å². The van der Waals surface area contributed by atoms with Crippen molar-refractivity contribution in [3.8, 4) is 5.75 Å². The first-order valence-corrected chi connectivity index (χ1v) is 7.16. The van der Waals surface area contributed by atoms with E-state index in [0.717, 1.165) is 18.6 Å². The average molecular weight is 264 g/mol. The minimum absolute atomic E-state index is 0.261. The Balaban J connectivity index is 2.51. The third kappa shape index (κ3) is 6.27. The Morgan fingerprint density at radius 1 is 1.11 bits per heavy atom. The lowest BCUT2D eigenvalue weighted by atomic mass is 10.1. The summed E-state index contributed by atoms with van der Waals surface area (Å²) in [6, 6.07) is 9.44. The lowest BCUT2D eigenvalue weighted by molar-refractivity contribution is -0.151. The fourth-order valence-electron chi connectivity index (χ4n) is 1.88. The van der Waals surface area contributed by atoms with E-state index >= 15 is 0 Å². The number of carbonyl (C=O) groups is 1. The van der Waals surface area contributed by atoms with Crippen LogP contribution in [0.5, 0.6) is 5.75 Å². The Hall–Kier alpha value is -1.51. The van der Waals surface area contributed by atoms with Gasteiger partial charge < -0.3 is 9.47 Å². The van der Waals surface area contributed by atoms with Crippen LogP contribution in [0.2, 0.25) is 0 Å². The van der Waals surface area contributed by atoms with Gasteiger partial charge in [0, 0.05) is 0 Å². The maximum atomic E-state index is 11.9. The highest BCUT2D eigenvalue weighted by Crippen LogP contribution is 2.16. The van der Waals surface area contributed by atoms with Crippen LogP contribution >= 0.6 is 0 Å². The van der Waals surface area contributed by atoms with E-state index in [9.17, 15) is 4.79 Å². The van der Waals surface area contributed by atoms with Crippen molar-refractivity contribution in [3.63, 3.8) is 0 Å². The van der Waals surface area contributed by atoms with Crippen molar-refractivity contribution >= 4 is 5.97 Å². The van der Waals surface area contributed by atoms with E-state index in [-0.39, 0.29) is 5.97 Å². The molecule has 1 atom stereocenters. The summed E-state index contributed by atoms with van der Waals surface area (Å²) in [5, 5.41) is 0. The molecule has 0 radical (unpaired) electrons. The number of esters is 1. The molecule has 0 heterocycles. The molecule has 19 heavy (non-hydrogen) atoms. The van der Waals surface area contributed by atoms with Crippen LogP contribution in [-0.2, 0) is 9.53 Å². The molecule has 3 nitrogen and oxygen atoms in total. The number of hydrogen-bond acceptors (Lipinski definition) is 3. The zero-order chi connectivity index (χ0) is 13.9. The first-order chi connectivity index (χ1) is 9.27. The molecule has 0 saturated heterocycles. The maximum Gasteiger partial charge on any atom is 0.347 e. The van der Waals surface area contributed by atoms with E-state index in [0.29, 0.717) is 13.0 Å². The molecule has 3 heteroatoms. The van der Waals surface area contributed by atoms with Gasteiger partial charge in [0.2, 0.25) is 0 Å². The SMILES string of the molecule is CCCCCCC(Oc1ccccc1)C(=O)OCC.